The second kappa shape index (κ2) is 10.6. The van der Waals surface area contributed by atoms with E-state index < -0.39 is 17.0 Å². The lowest BCUT2D eigenvalue weighted by Gasteiger charge is -2.21. The molecule has 0 bridgehead atoms. The first-order valence-corrected chi connectivity index (χ1v) is 9.06. The highest BCUT2D eigenvalue weighted by atomic mass is 16.6. The molecule has 10 heteroatoms. The van der Waals surface area contributed by atoms with Crippen molar-refractivity contribution in [2.75, 3.05) is 32.6 Å². The number of amides is 1. The molecule has 30 heavy (non-hydrogen) atoms. The van der Waals surface area contributed by atoms with E-state index in [1.807, 2.05) is 6.92 Å². The van der Waals surface area contributed by atoms with Crippen molar-refractivity contribution in [1.29, 1.82) is 0 Å². The number of nitro groups is 1. The van der Waals surface area contributed by atoms with Gasteiger partial charge in [0.05, 0.1) is 19.1 Å². The molecule has 0 atom stereocenters. The first-order valence-electron chi connectivity index (χ1n) is 9.06. The van der Waals surface area contributed by atoms with Gasteiger partial charge in [-0.15, -0.1) is 0 Å². The topological polar surface area (TPSA) is 120 Å². The Balaban J connectivity index is 2.23. The smallest absolute Gasteiger partial charge is 0.416 e. The van der Waals surface area contributed by atoms with E-state index in [1.54, 1.807) is 36.4 Å². The number of nitrogens with zero attached hydrogens (tertiary/aromatic N) is 2. The first kappa shape index (κ1) is 22.5. The van der Waals surface area contributed by atoms with Crippen molar-refractivity contribution in [2.45, 2.75) is 13.5 Å². The van der Waals surface area contributed by atoms with Crippen LogP contribution in [0, 0.1) is 10.1 Å². The Morgan fingerprint density at radius 3 is 2.33 bits per heavy atom. The van der Waals surface area contributed by atoms with Crippen LogP contribution in [0.15, 0.2) is 42.5 Å². The maximum Gasteiger partial charge on any atom is 0.416 e. The van der Waals surface area contributed by atoms with Crippen molar-refractivity contribution in [3.8, 4) is 11.5 Å². The van der Waals surface area contributed by atoms with Crippen LogP contribution in [-0.2, 0) is 16.1 Å². The van der Waals surface area contributed by atoms with Gasteiger partial charge >= 0.3 is 12.1 Å². The van der Waals surface area contributed by atoms with Gasteiger partial charge in [0.2, 0.25) is 0 Å². The van der Waals surface area contributed by atoms with Crippen LogP contribution in [-0.4, -0.2) is 49.2 Å². The highest BCUT2D eigenvalue weighted by Gasteiger charge is 2.22. The van der Waals surface area contributed by atoms with E-state index in [1.165, 1.54) is 20.3 Å². The number of nitrogens with one attached hydrogen (secondary N) is 1. The summed E-state index contributed by atoms with van der Waals surface area (Å²) in [6.45, 7) is 1.87. The Labute approximate surface area is 173 Å². The lowest BCUT2D eigenvalue weighted by atomic mass is 10.1. The summed E-state index contributed by atoms with van der Waals surface area (Å²) in [6.07, 6.45) is -0.802. The predicted molar refractivity (Wildman–Crippen MR) is 109 cm³/mol. The van der Waals surface area contributed by atoms with Gasteiger partial charge in [-0.25, -0.2) is 4.79 Å². The molecule has 2 aromatic carbocycles. The second-order valence-electron chi connectivity index (χ2n) is 6.11. The van der Waals surface area contributed by atoms with Gasteiger partial charge in [0.25, 0.3) is 5.69 Å². The lowest BCUT2D eigenvalue weighted by molar-refractivity contribution is -0.384. The highest BCUT2D eigenvalue weighted by Crippen LogP contribution is 2.26. The number of hydrogen-bond acceptors (Lipinski definition) is 8. The molecule has 1 N–H and O–H groups in total. The van der Waals surface area contributed by atoms with Gasteiger partial charge in [-0.3, -0.25) is 19.8 Å². The Morgan fingerprint density at radius 2 is 1.77 bits per heavy atom. The number of rotatable bonds is 9. The summed E-state index contributed by atoms with van der Waals surface area (Å²) in [5, 5.41) is 14.3. The molecule has 0 spiro atoms. The Morgan fingerprint density at radius 1 is 1.10 bits per heavy atom. The third kappa shape index (κ3) is 6.09. The number of ether oxygens (including phenoxy) is 3. The molecule has 0 aliphatic heterocycles. The predicted octanol–water partition coefficient (Wildman–Crippen LogP) is 3.21. The number of carbonyl (C=O) groups is 2. The molecule has 160 valence electrons. The molecule has 10 nitrogen and oxygen atoms in total. The van der Waals surface area contributed by atoms with Crippen LogP contribution in [0.5, 0.6) is 11.5 Å². The normalized spacial score (nSPS) is 10.1. The molecule has 0 aromatic heterocycles. The van der Waals surface area contributed by atoms with Gasteiger partial charge in [0.15, 0.2) is 0 Å². The van der Waals surface area contributed by atoms with Gasteiger partial charge < -0.3 is 19.5 Å². The summed E-state index contributed by atoms with van der Waals surface area (Å²) in [5.74, 6) is 0.193. The van der Waals surface area contributed by atoms with Crippen molar-refractivity contribution in [2.24, 2.45) is 0 Å². The molecule has 2 rings (SSSR count). The van der Waals surface area contributed by atoms with Crippen LogP contribution in [0.4, 0.5) is 16.2 Å². The summed E-state index contributed by atoms with van der Waals surface area (Å²) in [5.41, 5.74) is 0.696. The third-order valence-electron chi connectivity index (χ3n) is 4.07. The maximum absolute atomic E-state index is 12.6. The maximum atomic E-state index is 12.6. The number of benzene rings is 2. The molecule has 0 fully saturated rings. The minimum Gasteiger partial charge on any atom is -0.497 e. The van der Waals surface area contributed by atoms with Gasteiger partial charge in [-0.2, -0.15) is 0 Å². The van der Waals surface area contributed by atoms with Crippen LogP contribution in [0.3, 0.4) is 0 Å². The van der Waals surface area contributed by atoms with Crippen molar-refractivity contribution < 1.29 is 28.7 Å². The molecule has 0 unspecified atom stereocenters. The summed E-state index contributed by atoms with van der Waals surface area (Å²) in [7, 11) is 2.71. The molecule has 0 radical (unpaired) electrons. The standard InChI is InChI=1S/C20H23N3O7/c1-4-21-17-10-5-14(11-18(17)23(26)27)12-22(13-19(24)29-3)20(25)30-16-8-6-15(28-2)7-9-16/h5-11,21H,4,12-13H2,1-3H3. The molecular weight excluding hydrogens is 394 g/mol. The average molecular weight is 417 g/mol. The molecule has 0 saturated carbocycles. The number of anilines is 1. The molecule has 0 aliphatic carbocycles. The van der Waals surface area contributed by atoms with Crippen molar-refractivity contribution in [3.05, 3.63) is 58.1 Å². The highest BCUT2D eigenvalue weighted by molar-refractivity contribution is 5.79. The number of carbonyl (C=O) groups excluding carboxylic acids is 2. The zero-order chi connectivity index (χ0) is 22.1. The van der Waals surface area contributed by atoms with E-state index in [0.717, 1.165) is 4.90 Å². The van der Waals surface area contributed by atoms with Gasteiger partial charge in [-0.05, 0) is 42.8 Å². The number of esters is 1. The molecular formula is C20H23N3O7. The minimum absolute atomic E-state index is 0.0860. The third-order valence-corrected chi connectivity index (χ3v) is 4.07. The Hall–Kier alpha value is -3.82. The van der Waals surface area contributed by atoms with Crippen molar-refractivity contribution in [3.63, 3.8) is 0 Å². The number of hydrogen-bond donors (Lipinski definition) is 1. The molecule has 0 heterocycles. The fraction of sp³-hybridized carbons (Fsp3) is 0.300. The Kier molecular flexibility index (Phi) is 7.98. The van der Waals surface area contributed by atoms with Gasteiger partial charge in [-0.1, -0.05) is 6.07 Å². The van der Waals surface area contributed by atoms with Gasteiger partial charge in [0, 0.05) is 19.2 Å². The zero-order valence-corrected chi connectivity index (χ0v) is 16.9. The zero-order valence-electron chi connectivity index (χ0n) is 16.9. The molecule has 0 saturated heterocycles. The van der Waals surface area contributed by atoms with Gasteiger partial charge in [0.1, 0.15) is 23.7 Å². The summed E-state index contributed by atoms with van der Waals surface area (Å²) in [4.78, 5) is 36.3. The first-order chi connectivity index (χ1) is 14.4. The molecule has 2 aromatic rings. The molecule has 0 aliphatic rings. The van der Waals surface area contributed by atoms with Crippen LogP contribution in [0.25, 0.3) is 0 Å². The van der Waals surface area contributed by atoms with E-state index >= 15 is 0 Å². The van der Waals surface area contributed by atoms with E-state index in [-0.39, 0.29) is 24.5 Å². The van der Waals surface area contributed by atoms with E-state index in [4.69, 9.17) is 9.47 Å². The fourth-order valence-electron chi connectivity index (χ4n) is 2.60. The average Bonchev–Trinajstić information content (AvgIpc) is 2.74. The second-order valence-corrected chi connectivity index (χ2v) is 6.11. The summed E-state index contributed by atoms with van der Waals surface area (Å²) >= 11 is 0. The monoisotopic (exact) mass is 417 g/mol. The minimum atomic E-state index is -0.802. The van der Waals surface area contributed by atoms with Crippen molar-refractivity contribution >= 4 is 23.4 Å². The largest absolute Gasteiger partial charge is 0.497 e. The summed E-state index contributed by atoms with van der Waals surface area (Å²) < 4.78 is 15.0. The SMILES string of the molecule is CCNc1ccc(CN(CC(=O)OC)C(=O)Oc2ccc(OC)cc2)cc1[N+](=O)[O-]. The Bertz CT molecular complexity index is 900. The quantitative estimate of drug-likeness (QED) is 0.375. The van der Waals surface area contributed by atoms with E-state index in [0.29, 0.717) is 23.5 Å². The number of nitro benzene ring substituents is 1. The van der Waals surface area contributed by atoms with Crippen LogP contribution in [0.2, 0.25) is 0 Å². The van der Waals surface area contributed by atoms with Crippen LogP contribution < -0.4 is 14.8 Å². The van der Waals surface area contributed by atoms with Crippen molar-refractivity contribution in [1.82, 2.24) is 4.90 Å². The molecule has 1 amide bonds. The van der Waals surface area contributed by atoms with E-state index in [2.05, 4.69) is 10.1 Å². The summed E-state index contributed by atoms with van der Waals surface area (Å²) in [6, 6.07) is 10.9. The van der Waals surface area contributed by atoms with Crippen LogP contribution >= 0.6 is 0 Å². The van der Waals surface area contributed by atoms with E-state index in [9.17, 15) is 19.7 Å². The fourth-order valence-corrected chi connectivity index (χ4v) is 2.60. The lowest BCUT2D eigenvalue weighted by Crippen LogP contribution is -2.37. The van der Waals surface area contributed by atoms with Crippen LogP contribution in [0.1, 0.15) is 12.5 Å². The number of methoxy groups -OCH3 is 2.